The first-order chi connectivity index (χ1) is 20.1. The van der Waals surface area contributed by atoms with Crippen molar-refractivity contribution in [3.05, 3.63) is 41.5 Å². The van der Waals surface area contributed by atoms with Crippen molar-refractivity contribution in [2.24, 2.45) is 23.2 Å². The molecule has 0 aliphatic heterocycles. The van der Waals surface area contributed by atoms with Gasteiger partial charge in [0.1, 0.15) is 17.3 Å². The Morgan fingerprint density at radius 2 is 1.77 bits per heavy atom. The van der Waals surface area contributed by atoms with Crippen LogP contribution in [0.3, 0.4) is 0 Å². The third-order valence-corrected chi connectivity index (χ3v) is 12.2. The molecule has 3 aliphatic carbocycles. The number of aliphatic hydroxyl groups is 1. The van der Waals surface area contributed by atoms with Crippen LogP contribution in [0.2, 0.25) is 0 Å². The molecule has 2 N–H and O–H groups in total. The number of aromatic hydroxyl groups is 1. The normalized spacial score (nSPS) is 29.8. The number of hydrogen-bond acceptors (Lipinski definition) is 4. The molecule has 0 radical (unpaired) electrons. The molecule has 0 aromatic heterocycles. The maximum absolute atomic E-state index is 13.0. The molecule has 2 fully saturated rings. The zero-order valence-corrected chi connectivity index (χ0v) is 26.3. The van der Waals surface area contributed by atoms with E-state index in [0.29, 0.717) is 48.1 Å². The zero-order chi connectivity index (χ0) is 31.6. The zero-order valence-electron chi connectivity index (χ0n) is 25.5. The van der Waals surface area contributed by atoms with Crippen LogP contribution in [0.4, 0.5) is 22.0 Å². The Hall–Kier alpha value is -1.36. The molecular formula is C33H48F5NO3S. The van der Waals surface area contributed by atoms with Crippen LogP contribution in [0.1, 0.15) is 88.2 Å². The molecule has 7 atom stereocenters. The number of nitrogens with zero attached hydrogens (tertiary/aromatic N) is 1. The quantitative estimate of drug-likeness (QED) is 0.0958. The first-order valence-corrected chi connectivity index (χ1v) is 17.3. The van der Waals surface area contributed by atoms with Gasteiger partial charge in [-0.2, -0.15) is 22.0 Å². The number of rotatable bonds is 14. The van der Waals surface area contributed by atoms with Crippen molar-refractivity contribution in [2.75, 3.05) is 31.6 Å². The molecule has 0 amide bonds. The van der Waals surface area contributed by atoms with E-state index in [-0.39, 0.29) is 11.2 Å². The molecule has 0 heterocycles. The Morgan fingerprint density at radius 1 is 1.07 bits per heavy atom. The van der Waals surface area contributed by atoms with E-state index in [0.717, 1.165) is 63.5 Å². The number of aliphatic hydroxyl groups excluding tert-OH is 1. The summed E-state index contributed by atoms with van der Waals surface area (Å²) in [6, 6.07) is 5.86. The third kappa shape index (κ3) is 7.90. The first kappa shape index (κ1) is 34.5. The van der Waals surface area contributed by atoms with Gasteiger partial charge in [0.25, 0.3) is 0 Å². The fourth-order valence-corrected chi connectivity index (χ4v) is 9.37. The van der Waals surface area contributed by atoms with Gasteiger partial charge in [-0.15, -0.1) is 0 Å². The fourth-order valence-electron chi connectivity index (χ4n) is 8.25. The average molecular weight is 634 g/mol. The molecule has 1 aromatic carbocycles. The van der Waals surface area contributed by atoms with Gasteiger partial charge in [0, 0.05) is 19.4 Å². The van der Waals surface area contributed by atoms with Crippen LogP contribution in [-0.4, -0.2) is 69.5 Å². The van der Waals surface area contributed by atoms with Crippen molar-refractivity contribution in [2.45, 2.75) is 102 Å². The summed E-state index contributed by atoms with van der Waals surface area (Å²) in [5, 5.41) is 21.0. The number of alkyl halides is 5. The highest BCUT2D eigenvalue weighted by Gasteiger charge is 2.57. The maximum Gasteiger partial charge on any atom is 0.453 e. The number of phenols is 1. The van der Waals surface area contributed by atoms with Crippen LogP contribution < -0.4 is 0 Å². The molecule has 244 valence electrons. The molecule has 2 saturated carbocycles. The smallest absolute Gasteiger partial charge is 0.453 e. The Balaban J connectivity index is 1.20. The van der Waals surface area contributed by atoms with Gasteiger partial charge < -0.3 is 19.7 Å². The molecule has 0 saturated heterocycles. The number of fused-ring (bicyclic) bond motifs is 5. The van der Waals surface area contributed by atoms with Gasteiger partial charge in [-0.3, -0.25) is 0 Å². The van der Waals surface area contributed by atoms with E-state index in [1.807, 2.05) is 13.1 Å². The summed E-state index contributed by atoms with van der Waals surface area (Å²) in [6.45, 7) is 8.18. The minimum Gasteiger partial charge on any atom is -0.616 e. The van der Waals surface area contributed by atoms with Gasteiger partial charge in [-0.25, -0.2) is 0 Å². The average Bonchev–Trinajstić information content (AvgIpc) is 3.15. The Labute approximate surface area is 256 Å². The number of benzene rings is 1. The number of unbranched alkanes of at least 4 members (excludes halogenated alkanes) is 2. The van der Waals surface area contributed by atoms with Crippen molar-refractivity contribution in [3.63, 3.8) is 0 Å². The molecule has 43 heavy (non-hydrogen) atoms. The van der Waals surface area contributed by atoms with E-state index in [4.69, 9.17) is 0 Å². The molecule has 3 aliphatic rings. The molecule has 10 heteroatoms. The molecule has 4 unspecified atom stereocenters. The minimum atomic E-state index is -5.56. The highest BCUT2D eigenvalue weighted by molar-refractivity contribution is 7.91. The summed E-state index contributed by atoms with van der Waals surface area (Å²) in [5.41, 5.74) is 3.61. The molecular weight excluding hydrogens is 585 g/mol. The van der Waals surface area contributed by atoms with Gasteiger partial charge in [0.2, 0.25) is 0 Å². The predicted octanol–water partition coefficient (Wildman–Crippen LogP) is 7.61. The number of hydrogen-bond donors (Lipinski definition) is 2. The van der Waals surface area contributed by atoms with Crippen LogP contribution in [0.25, 0.3) is 0 Å². The van der Waals surface area contributed by atoms with Crippen LogP contribution in [0.5, 0.6) is 5.75 Å². The van der Waals surface area contributed by atoms with Crippen molar-refractivity contribution < 1.29 is 36.7 Å². The van der Waals surface area contributed by atoms with Crippen LogP contribution >= 0.6 is 0 Å². The molecule has 1 aromatic rings. The molecule has 4 rings (SSSR count). The summed E-state index contributed by atoms with van der Waals surface area (Å²) in [6.07, 6.45) is 1.01. The van der Waals surface area contributed by atoms with E-state index in [9.17, 15) is 36.7 Å². The highest BCUT2D eigenvalue weighted by atomic mass is 32.2. The summed E-state index contributed by atoms with van der Waals surface area (Å²) < 4.78 is 74.9. The first-order valence-electron chi connectivity index (χ1n) is 15.8. The molecule has 4 nitrogen and oxygen atoms in total. The van der Waals surface area contributed by atoms with Crippen molar-refractivity contribution in [1.29, 1.82) is 0 Å². The largest absolute Gasteiger partial charge is 0.616 e. The van der Waals surface area contributed by atoms with Gasteiger partial charge in [0.15, 0.2) is 0 Å². The van der Waals surface area contributed by atoms with E-state index < -0.39 is 42.2 Å². The lowest BCUT2D eigenvalue weighted by Gasteiger charge is -2.52. The Kier molecular flexibility index (Phi) is 11.2. The second kappa shape index (κ2) is 14.0. The van der Waals surface area contributed by atoms with E-state index in [2.05, 4.69) is 24.5 Å². The SMILES string of the molecule is C=C1[C@H](O)CC2C3C(CC[C@]12C)c1ccc(O)cc1C[C@H]3CCCCCN(C)CCC[S+]([O-])CCCC(F)(F)C(F)(F)F. The molecule has 0 spiro atoms. The van der Waals surface area contributed by atoms with E-state index in [1.165, 1.54) is 11.1 Å². The second-order valence-corrected chi connectivity index (χ2v) is 15.2. The summed E-state index contributed by atoms with van der Waals surface area (Å²) in [7, 11) is 1.99. The number of phenolic OH excluding ortho intramolecular Hbond substituents is 1. The van der Waals surface area contributed by atoms with Crippen molar-refractivity contribution >= 4 is 11.2 Å². The second-order valence-electron chi connectivity index (χ2n) is 13.5. The highest BCUT2D eigenvalue weighted by Crippen LogP contribution is 2.64. The number of halogens is 5. The summed E-state index contributed by atoms with van der Waals surface area (Å²) >= 11 is -1.40. The van der Waals surface area contributed by atoms with Crippen LogP contribution in [-0.2, 0) is 17.6 Å². The van der Waals surface area contributed by atoms with Crippen LogP contribution in [0.15, 0.2) is 30.4 Å². The Morgan fingerprint density at radius 3 is 2.49 bits per heavy atom. The standard InChI is InChI=1S/C33H48F5NO3S/c1-22-29(41)21-28-30-23(19-24-20-25(40)10-11-26(24)27(30)12-14-31(22,28)2)9-5-4-6-15-39(3)16-8-18-43(42)17-7-13-32(34,35)33(36,37)38/h10-11,20,23,27-30,40-41H,1,4-9,12-19,21H2,2-3H3/t23-,27?,28?,29-,30?,31-,43?/m1/s1. The fraction of sp³-hybridized carbons (Fsp3) is 0.758. The monoisotopic (exact) mass is 633 g/mol. The van der Waals surface area contributed by atoms with E-state index >= 15 is 0 Å². The minimum absolute atomic E-state index is 0.0201. The lowest BCUT2D eigenvalue weighted by molar-refractivity contribution is -0.284. The van der Waals surface area contributed by atoms with Gasteiger partial charge in [0.05, 0.1) is 6.10 Å². The van der Waals surface area contributed by atoms with Crippen LogP contribution in [0, 0.1) is 23.2 Å². The van der Waals surface area contributed by atoms with Gasteiger partial charge >= 0.3 is 12.1 Å². The topological polar surface area (TPSA) is 66.8 Å². The third-order valence-electron chi connectivity index (χ3n) is 10.7. The lowest BCUT2D eigenvalue weighted by atomic mass is 9.52. The van der Waals surface area contributed by atoms with Crippen molar-refractivity contribution in [3.8, 4) is 5.75 Å². The van der Waals surface area contributed by atoms with E-state index in [1.54, 1.807) is 6.07 Å². The predicted molar refractivity (Wildman–Crippen MR) is 161 cm³/mol. The summed E-state index contributed by atoms with van der Waals surface area (Å²) in [4.78, 5) is 2.16. The van der Waals surface area contributed by atoms with Gasteiger partial charge in [-0.1, -0.05) is 43.6 Å². The maximum atomic E-state index is 13.0. The van der Waals surface area contributed by atoms with Crippen molar-refractivity contribution in [1.82, 2.24) is 4.90 Å². The van der Waals surface area contributed by atoms with Gasteiger partial charge in [-0.05, 0) is 116 Å². The summed E-state index contributed by atoms with van der Waals surface area (Å²) in [5.74, 6) is -2.41. The Bertz CT molecular complexity index is 1100. The molecule has 0 bridgehead atoms. The lowest BCUT2D eigenvalue weighted by Crippen LogP contribution is -2.44.